The Kier molecular flexibility index (Phi) is 2.84. The molecule has 3 heterocycles. The molecule has 2 amide bonds. The smallest absolute Gasteiger partial charge is 0.246 e. The van der Waals surface area contributed by atoms with Crippen molar-refractivity contribution in [3.05, 3.63) is 23.7 Å². The van der Waals surface area contributed by atoms with Crippen LogP contribution in [0.3, 0.4) is 0 Å². The largest absolute Gasteiger partial charge is 0.464 e. The molecule has 19 heavy (non-hydrogen) atoms. The third-order valence-electron chi connectivity index (χ3n) is 4.09. The van der Waals surface area contributed by atoms with Crippen molar-refractivity contribution in [3.8, 4) is 0 Å². The van der Waals surface area contributed by atoms with E-state index in [2.05, 4.69) is 0 Å². The summed E-state index contributed by atoms with van der Waals surface area (Å²) in [5, 5.41) is 0. The summed E-state index contributed by atoms with van der Waals surface area (Å²) >= 11 is 0. The average Bonchev–Trinajstić information content (AvgIpc) is 3.01. The number of furan rings is 1. The maximum absolute atomic E-state index is 12.5. The molecule has 2 aliphatic rings. The first-order valence-corrected chi connectivity index (χ1v) is 6.74. The second-order valence-corrected chi connectivity index (χ2v) is 5.34. The standard InChI is InChI=1S/C14H18N2O3/c1-9-5-6-12(19-9)10(2)16-8-13(17)15-7-3-4-11(15)14(16)18/h5-6,10-11H,3-4,7-8H2,1-2H3. The van der Waals surface area contributed by atoms with E-state index in [1.165, 1.54) is 0 Å². The highest BCUT2D eigenvalue weighted by atomic mass is 16.3. The SMILES string of the molecule is Cc1ccc(C(C)N2CC(=O)N3CCCC3C2=O)o1. The Hall–Kier alpha value is -1.78. The zero-order valence-electron chi connectivity index (χ0n) is 11.3. The Morgan fingerprint density at radius 1 is 1.37 bits per heavy atom. The third kappa shape index (κ3) is 1.93. The molecule has 2 saturated heterocycles. The van der Waals surface area contributed by atoms with E-state index in [9.17, 15) is 9.59 Å². The predicted octanol–water partition coefficient (Wildman–Crippen LogP) is 1.48. The maximum Gasteiger partial charge on any atom is 0.246 e. The van der Waals surface area contributed by atoms with E-state index in [4.69, 9.17) is 4.42 Å². The zero-order chi connectivity index (χ0) is 13.6. The molecule has 1 aromatic rings. The van der Waals surface area contributed by atoms with Crippen LogP contribution < -0.4 is 0 Å². The van der Waals surface area contributed by atoms with Crippen LogP contribution in [0.25, 0.3) is 0 Å². The van der Waals surface area contributed by atoms with E-state index < -0.39 is 0 Å². The van der Waals surface area contributed by atoms with Crippen molar-refractivity contribution in [2.24, 2.45) is 0 Å². The lowest BCUT2D eigenvalue weighted by molar-refractivity contribution is -0.156. The second-order valence-electron chi connectivity index (χ2n) is 5.34. The molecular formula is C14H18N2O3. The monoisotopic (exact) mass is 262 g/mol. The van der Waals surface area contributed by atoms with Gasteiger partial charge in [0.2, 0.25) is 11.8 Å². The van der Waals surface area contributed by atoms with Crippen LogP contribution in [0.1, 0.15) is 37.3 Å². The minimum Gasteiger partial charge on any atom is -0.464 e. The summed E-state index contributed by atoms with van der Waals surface area (Å²) in [5.41, 5.74) is 0. The van der Waals surface area contributed by atoms with Crippen molar-refractivity contribution in [2.75, 3.05) is 13.1 Å². The summed E-state index contributed by atoms with van der Waals surface area (Å²) < 4.78 is 5.57. The van der Waals surface area contributed by atoms with Crippen LogP contribution in [0.15, 0.2) is 16.5 Å². The molecule has 2 fully saturated rings. The molecule has 0 saturated carbocycles. The number of carbonyl (C=O) groups excluding carboxylic acids is 2. The fourth-order valence-electron chi connectivity index (χ4n) is 2.99. The van der Waals surface area contributed by atoms with Crippen molar-refractivity contribution in [1.29, 1.82) is 0 Å². The predicted molar refractivity (Wildman–Crippen MR) is 68.3 cm³/mol. The van der Waals surface area contributed by atoms with Gasteiger partial charge in [0, 0.05) is 6.54 Å². The number of piperazine rings is 1. The van der Waals surface area contributed by atoms with Gasteiger partial charge in [-0.1, -0.05) is 0 Å². The van der Waals surface area contributed by atoms with Crippen molar-refractivity contribution >= 4 is 11.8 Å². The van der Waals surface area contributed by atoms with Crippen LogP contribution in [0.2, 0.25) is 0 Å². The average molecular weight is 262 g/mol. The molecule has 102 valence electrons. The fraction of sp³-hybridized carbons (Fsp3) is 0.571. The van der Waals surface area contributed by atoms with Crippen LogP contribution in [-0.2, 0) is 9.59 Å². The van der Waals surface area contributed by atoms with E-state index in [1.807, 2.05) is 26.0 Å². The number of nitrogens with zero attached hydrogens (tertiary/aromatic N) is 2. The maximum atomic E-state index is 12.5. The highest BCUT2D eigenvalue weighted by molar-refractivity contribution is 5.95. The molecule has 0 spiro atoms. The van der Waals surface area contributed by atoms with Crippen molar-refractivity contribution < 1.29 is 14.0 Å². The van der Waals surface area contributed by atoms with Gasteiger partial charge in [0.15, 0.2) is 0 Å². The number of amides is 2. The quantitative estimate of drug-likeness (QED) is 0.811. The Morgan fingerprint density at radius 2 is 2.16 bits per heavy atom. The lowest BCUT2D eigenvalue weighted by atomic mass is 10.1. The third-order valence-corrected chi connectivity index (χ3v) is 4.09. The molecule has 0 radical (unpaired) electrons. The second kappa shape index (κ2) is 4.40. The minimum atomic E-state index is -0.250. The molecule has 2 atom stereocenters. The van der Waals surface area contributed by atoms with Gasteiger partial charge in [-0.3, -0.25) is 9.59 Å². The van der Waals surface area contributed by atoms with Crippen molar-refractivity contribution in [2.45, 2.75) is 38.8 Å². The number of hydrogen-bond acceptors (Lipinski definition) is 3. The van der Waals surface area contributed by atoms with Gasteiger partial charge in [0.05, 0.1) is 6.04 Å². The molecule has 5 nitrogen and oxygen atoms in total. The molecule has 2 aliphatic heterocycles. The first-order valence-electron chi connectivity index (χ1n) is 6.74. The Morgan fingerprint density at radius 3 is 2.84 bits per heavy atom. The molecule has 0 N–H and O–H groups in total. The molecule has 5 heteroatoms. The Bertz CT molecular complexity index is 523. The highest BCUT2D eigenvalue weighted by Crippen LogP contribution is 2.30. The van der Waals surface area contributed by atoms with E-state index in [0.29, 0.717) is 0 Å². The van der Waals surface area contributed by atoms with Gasteiger partial charge in [0.25, 0.3) is 0 Å². The van der Waals surface area contributed by atoms with Crippen LogP contribution in [0, 0.1) is 6.92 Å². The van der Waals surface area contributed by atoms with E-state index in [-0.39, 0.29) is 30.4 Å². The zero-order valence-corrected chi connectivity index (χ0v) is 11.3. The van der Waals surface area contributed by atoms with Gasteiger partial charge in [-0.2, -0.15) is 0 Å². The van der Waals surface area contributed by atoms with Gasteiger partial charge >= 0.3 is 0 Å². The Labute approximate surface area is 112 Å². The number of carbonyl (C=O) groups is 2. The summed E-state index contributed by atoms with van der Waals surface area (Å²) in [6, 6.07) is 3.32. The molecule has 0 aromatic carbocycles. The lowest BCUT2D eigenvalue weighted by Gasteiger charge is -2.38. The summed E-state index contributed by atoms with van der Waals surface area (Å²) in [7, 11) is 0. The summed E-state index contributed by atoms with van der Waals surface area (Å²) in [4.78, 5) is 27.9. The topological polar surface area (TPSA) is 53.8 Å². The normalized spacial score (nSPS) is 24.8. The first kappa shape index (κ1) is 12.3. The van der Waals surface area contributed by atoms with E-state index in [1.54, 1.807) is 9.80 Å². The fourth-order valence-corrected chi connectivity index (χ4v) is 2.99. The van der Waals surface area contributed by atoms with Gasteiger partial charge < -0.3 is 14.2 Å². The molecule has 1 aromatic heterocycles. The lowest BCUT2D eigenvalue weighted by Crippen LogP contribution is -2.57. The Balaban J connectivity index is 1.84. The molecule has 2 unspecified atom stereocenters. The summed E-state index contributed by atoms with van der Waals surface area (Å²) in [6.07, 6.45) is 1.70. The highest BCUT2D eigenvalue weighted by Gasteiger charge is 2.43. The molecule has 3 rings (SSSR count). The molecule has 0 aliphatic carbocycles. The van der Waals surface area contributed by atoms with Gasteiger partial charge in [-0.05, 0) is 38.8 Å². The summed E-state index contributed by atoms with van der Waals surface area (Å²) in [5.74, 6) is 1.67. The van der Waals surface area contributed by atoms with Crippen molar-refractivity contribution in [1.82, 2.24) is 9.80 Å². The van der Waals surface area contributed by atoms with E-state index in [0.717, 1.165) is 30.9 Å². The number of hydrogen-bond donors (Lipinski definition) is 0. The molecular weight excluding hydrogens is 244 g/mol. The minimum absolute atomic E-state index is 0.0530. The van der Waals surface area contributed by atoms with Gasteiger partial charge in [0.1, 0.15) is 24.1 Å². The van der Waals surface area contributed by atoms with Crippen molar-refractivity contribution in [3.63, 3.8) is 0 Å². The van der Waals surface area contributed by atoms with Crippen LogP contribution in [0.4, 0.5) is 0 Å². The molecule has 0 bridgehead atoms. The van der Waals surface area contributed by atoms with Crippen LogP contribution >= 0.6 is 0 Å². The van der Waals surface area contributed by atoms with Crippen LogP contribution in [0.5, 0.6) is 0 Å². The van der Waals surface area contributed by atoms with Crippen LogP contribution in [-0.4, -0.2) is 40.7 Å². The van der Waals surface area contributed by atoms with E-state index >= 15 is 0 Å². The number of rotatable bonds is 2. The first-order chi connectivity index (χ1) is 9.08. The summed E-state index contributed by atoms with van der Waals surface area (Å²) in [6.45, 7) is 4.67. The van der Waals surface area contributed by atoms with Gasteiger partial charge in [-0.25, -0.2) is 0 Å². The van der Waals surface area contributed by atoms with Gasteiger partial charge in [-0.15, -0.1) is 0 Å². The number of aryl methyl sites for hydroxylation is 1. The number of fused-ring (bicyclic) bond motifs is 1.